The first-order chi connectivity index (χ1) is 12.1. The van der Waals surface area contributed by atoms with Gasteiger partial charge in [-0.3, -0.25) is 9.59 Å². The normalized spacial score (nSPS) is 14.9. The van der Waals surface area contributed by atoms with E-state index in [0.29, 0.717) is 31.0 Å². The quantitative estimate of drug-likeness (QED) is 0.783. The Labute approximate surface area is 149 Å². The topological polar surface area (TPSA) is 67.9 Å². The van der Waals surface area contributed by atoms with Gasteiger partial charge in [0.2, 0.25) is 5.91 Å². The predicted octanol–water partition coefficient (Wildman–Crippen LogP) is 2.37. The van der Waals surface area contributed by atoms with Crippen molar-refractivity contribution in [2.45, 2.75) is 45.1 Å². The second-order valence-electron chi connectivity index (χ2n) is 6.27. The van der Waals surface area contributed by atoms with E-state index in [9.17, 15) is 9.59 Å². The van der Waals surface area contributed by atoms with Gasteiger partial charge in [-0.15, -0.1) is 0 Å². The second kappa shape index (κ2) is 9.91. The first-order valence-electron chi connectivity index (χ1n) is 8.97. The van der Waals surface area contributed by atoms with Crippen LogP contribution in [0.3, 0.4) is 0 Å². The Hall–Kier alpha value is -2.24. The average Bonchev–Trinajstić information content (AvgIpc) is 2.65. The fraction of sp³-hybridized carbons (Fsp3) is 0.579. The lowest BCUT2D eigenvalue weighted by atomic mass is 10.0. The lowest BCUT2D eigenvalue weighted by molar-refractivity contribution is -0.134. The molecule has 0 saturated carbocycles. The van der Waals surface area contributed by atoms with E-state index in [4.69, 9.17) is 9.47 Å². The number of carbonyl (C=O) groups is 2. The third kappa shape index (κ3) is 5.96. The van der Waals surface area contributed by atoms with Crippen molar-refractivity contribution in [3.05, 3.63) is 24.3 Å². The van der Waals surface area contributed by atoms with Crippen molar-refractivity contribution in [1.82, 2.24) is 10.2 Å². The van der Waals surface area contributed by atoms with Gasteiger partial charge in [0.05, 0.1) is 7.11 Å². The molecule has 1 aliphatic rings. The molecule has 0 atom stereocenters. The van der Waals surface area contributed by atoms with Gasteiger partial charge in [0.15, 0.2) is 18.1 Å². The number of amides is 2. The number of benzene rings is 1. The van der Waals surface area contributed by atoms with E-state index in [0.717, 1.165) is 25.7 Å². The number of piperidine rings is 1. The summed E-state index contributed by atoms with van der Waals surface area (Å²) in [6.07, 6.45) is 4.11. The van der Waals surface area contributed by atoms with Gasteiger partial charge in [-0.05, 0) is 31.4 Å². The predicted molar refractivity (Wildman–Crippen MR) is 95.8 cm³/mol. The van der Waals surface area contributed by atoms with Gasteiger partial charge < -0.3 is 19.7 Å². The highest BCUT2D eigenvalue weighted by Gasteiger charge is 2.24. The molecule has 25 heavy (non-hydrogen) atoms. The molecule has 6 nitrogen and oxygen atoms in total. The van der Waals surface area contributed by atoms with Gasteiger partial charge in [0, 0.05) is 25.6 Å². The Morgan fingerprint density at radius 3 is 2.52 bits per heavy atom. The third-order valence-corrected chi connectivity index (χ3v) is 4.39. The van der Waals surface area contributed by atoms with Crippen LogP contribution in [0.4, 0.5) is 0 Å². The molecule has 1 heterocycles. The number of unbranched alkanes of at least 4 members (excludes halogenated alkanes) is 1. The molecule has 0 aromatic heterocycles. The van der Waals surface area contributed by atoms with E-state index in [-0.39, 0.29) is 24.5 Å². The molecule has 2 amide bonds. The largest absolute Gasteiger partial charge is 0.493 e. The summed E-state index contributed by atoms with van der Waals surface area (Å²) in [7, 11) is 1.57. The highest BCUT2D eigenvalue weighted by atomic mass is 16.5. The standard InChI is InChI=1S/C19H28N2O4/c1-3-4-9-18(22)20-15-10-12-21(13-11-15)19(23)14-25-17-8-6-5-7-16(17)24-2/h5-8,15H,3-4,9-14H2,1-2H3,(H,20,22). The van der Waals surface area contributed by atoms with Crippen molar-refractivity contribution in [2.24, 2.45) is 0 Å². The second-order valence-corrected chi connectivity index (χ2v) is 6.27. The fourth-order valence-electron chi connectivity index (χ4n) is 2.88. The summed E-state index contributed by atoms with van der Waals surface area (Å²) in [4.78, 5) is 25.9. The summed E-state index contributed by atoms with van der Waals surface area (Å²) in [6.45, 7) is 3.36. The van der Waals surface area contributed by atoms with Gasteiger partial charge >= 0.3 is 0 Å². The van der Waals surface area contributed by atoms with Gasteiger partial charge in [-0.25, -0.2) is 0 Å². The van der Waals surface area contributed by atoms with Crippen molar-refractivity contribution in [2.75, 3.05) is 26.8 Å². The van der Waals surface area contributed by atoms with Crippen LogP contribution in [0.5, 0.6) is 11.5 Å². The molecule has 1 N–H and O–H groups in total. The maximum atomic E-state index is 12.3. The van der Waals surface area contributed by atoms with Crippen molar-refractivity contribution in [3.8, 4) is 11.5 Å². The minimum absolute atomic E-state index is 0.00605. The first-order valence-corrected chi connectivity index (χ1v) is 8.97. The number of nitrogens with one attached hydrogen (secondary N) is 1. The van der Waals surface area contributed by atoms with Gasteiger partial charge in [-0.1, -0.05) is 25.5 Å². The number of rotatable bonds is 8. The monoisotopic (exact) mass is 348 g/mol. The molecule has 0 radical (unpaired) electrons. The molecular weight excluding hydrogens is 320 g/mol. The molecule has 138 valence electrons. The SMILES string of the molecule is CCCCC(=O)NC1CCN(C(=O)COc2ccccc2OC)CC1. The fourth-order valence-corrected chi connectivity index (χ4v) is 2.88. The minimum atomic E-state index is -0.0401. The minimum Gasteiger partial charge on any atom is -0.493 e. The molecule has 0 bridgehead atoms. The molecule has 1 aromatic carbocycles. The number of carbonyl (C=O) groups excluding carboxylic acids is 2. The third-order valence-electron chi connectivity index (χ3n) is 4.39. The molecular formula is C19H28N2O4. The number of methoxy groups -OCH3 is 1. The number of hydrogen-bond donors (Lipinski definition) is 1. The van der Waals surface area contributed by atoms with Crippen molar-refractivity contribution in [1.29, 1.82) is 0 Å². The summed E-state index contributed by atoms with van der Waals surface area (Å²) in [5.41, 5.74) is 0. The van der Waals surface area contributed by atoms with Crippen LogP contribution in [0.25, 0.3) is 0 Å². The van der Waals surface area contributed by atoms with Gasteiger partial charge in [0.25, 0.3) is 5.91 Å². The Balaban J connectivity index is 1.73. The van der Waals surface area contributed by atoms with Crippen LogP contribution in [0.15, 0.2) is 24.3 Å². The molecule has 6 heteroatoms. The van der Waals surface area contributed by atoms with E-state index in [1.165, 1.54) is 0 Å². The maximum absolute atomic E-state index is 12.3. The summed E-state index contributed by atoms with van der Waals surface area (Å²) < 4.78 is 10.8. The Kier molecular flexibility index (Phi) is 7.57. The molecule has 0 unspecified atom stereocenters. The van der Waals surface area contributed by atoms with Crippen LogP contribution >= 0.6 is 0 Å². The van der Waals surface area contributed by atoms with E-state index < -0.39 is 0 Å². The Bertz CT molecular complexity index is 568. The highest BCUT2D eigenvalue weighted by molar-refractivity contribution is 5.78. The summed E-state index contributed by atoms with van der Waals surface area (Å²) in [5, 5.41) is 3.06. The number of para-hydroxylation sites is 2. The zero-order valence-electron chi connectivity index (χ0n) is 15.1. The Morgan fingerprint density at radius 1 is 1.20 bits per heavy atom. The highest BCUT2D eigenvalue weighted by Crippen LogP contribution is 2.25. The van der Waals surface area contributed by atoms with Crippen LogP contribution in [0.1, 0.15) is 39.0 Å². The first kappa shape index (κ1) is 19.1. The van der Waals surface area contributed by atoms with E-state index in [2.05, 4.69) is 12.2 Å². The molecule has 1 saturated heterocycles. The summed E-state index contributed by atoms with van der Waals surface area (Å²) >= 11 is 0. The number of ether oxygens (including phenoxy) is 2. The summed E-state index contributed by atoms with van der Waals surface area (Å²) in [5.74, 6) is 1.26. The molecule has 1 aromatic rings. The van der Waals surface area contributed by atoms with Crippen molar-refractivity contribution >= 4 is 11.8 Å². The van der Waals surface area contributed by atoms with Crippen LogP contribution in [-0.2, 0) is 9.59 Å². The lowest BCUT2D eigenvalue weighted by Crippen LogP contribution is -2.47. The van der Waals surface area contributed by atoms with Crippen molar-refractivity contribution in [3.63, 3.8) is 0 Å². The van der Waals surface area contributed by atoms with Gasteiger partial charge in [-0.2, -0.15) is 0 Å². The Morgan fingerprint density at radius 2 is 1.88 bits per heavy atom. The van der Waals surface area contributed by atoms with Crippen molar-refractivity contribution < 1.29 is 19.1 Å². The van der Waals surface area contributed by atoms with E-state index in [1.807, 2.05) is 12.1 Å². The van der Waals surface area contributed by atoms with E-state index in [1.54, 1.807) is 24.1 Å². The maximum Gasteiger partial charge on any atom is 0.260 e. The van der Waals surface area contributed by atoms with Gasteiger partial charge in [0.1, 0.15) is 0 Å². The molecule has 0 aliphatic carbocycles. The summed E-state index contributed by atoms with van der Waals surface area (Å²) in [6, 6.07) is 7.45. The molecule has 1 aliphatic heterocycles. The molecule has 2 rings (SSSR count). The lowest BCUT2D eigenvalue weighted by Gasteiger charge is -2.32. The zero-order valence-corrected chi connectivity index (χ0v) is 15.1. The van der Waals surface area contributed by atoms with Crippen LogP contribution in [0.2, 0.25) is 0 Å². The number of likely N-dealkylation sites (tertiary alicyclic amines) is 1. The smallest absolute Gasteiger partial charge is 0.260 e. The number of nitrogens with zero attached hydrogens (tertiary/aromatic N) is 1. The van der Waals surface area contributed by atoms with Crippen LogP contribution < -0.4 is 14.8 Å². The molecule has 0 spiro atoms. The number of hydrogen-bond acceptors (Lipinski definition) is 4. The van der Waals surface area contributed by atoms with Crippen LogP contribution in [-0.4, -0.2) is 49.6 Å². The zero-order chi connectivity index (χ0) is 18.1. The van der Waals surface area contributed by atoms with E-state index >= 15 is 0 Å². The average molecular weight is 348 g/mol. The van der Waals surface area contributed by atoms with Crippen LogP contribution in [0, 0.1) is 0 Å². The molecule has 1 fully saturated rings.